The van der Waals surface area contributed by atoms with E-state index in [1.807, 2.05) is 62.4 Å². The summed E-state index contributed by atoms with van der Waals surface area (Å²) in [6.45, 7) is 4.87. The third-order valence-corrected chi connectivity index (χ3v) is 5.24. The van der Waals surface area contributed by atoms with Crippen LogP contribution in [0.4, 0.5) is 0 Å². The molecular weight excluding hydrogens is 356 g/mol. The van der Waals surface area contributed by atoms with E-state index in [0.29, 0.717) is 25.2 Å². The zero-order chi connectivity index (χ0) is 19.6. The molecule has 0 radical (unpaired) electrons. The minimum Gasteiger partial charge on any atom is -0.456 e. The highest BCUT2D eigenvalue weighted by Crippen LogP contribution is 2.43. The predicted octanol–water partition coefficient (Wildman–Crippen LogP) is 3.97. The number of carbonyl (C=O) groups excluding carboxylic acids is 1. The molecule has 1 heterocycles. The van der Waals surface area contributed by atoms with Gasteiger partial charge in [0.2, 0.25) is 0 Å². The number of hydrogen-bond donors (Lipinski definition) is 0. The van der Waals surface area contributed by atoms with Crippen molar-refractivity contribution in [2.45, 2.75) is 51.0 Å². The topological polar surface area (TPSA) is 54.0 Å². The summed E-state index contributed by atoms with van der Waals surface area (Å²) in [6, 6.07) is 19.1. The highest BCUT2D eigenvalue weighted by atomic mass is 16.8. The Kier molecular flexibility index (Phi) is 5.49. The van der Waals surface area contributed by atoms with Crippen molar-refractivity contribution in [1.82, 2.24) is 0 Å². The second-order valence-corrected chi connectivity index (χ2v) is 7.87. The first-order chi connectivity index (χ1) is 13.5. The highest BCUT2D eigenvalue weighted by Gasteiger charge is 2.55. The molecule has 2 aromatic carbocycles. The number of fused-ring (bicyclic) bond motifs is 1. The van der Waals surface area contributed by atoms with Crippen molar-refractivity contribution in [2.75, 3.05) is 6.61 Å². The van der Waals surface area contributed by atoms with Gasteiger partial charge in [0.05, 0.1) is 24.9 Å². The van der Waals surface area contributed by atoms with Crippen molar-refractivity contribution in [2.24, 2.45) is 5.92 Å². The number of rotatable bonds is 6. The van der Waals surface area contributed by atoms with Crippen molar-refractivity contribution >= 4 is 5.97 Å². The Labute approximate surface area is 165 Å². The molecule has 0 amide bonds. The average molecular weight is 382 g/mol. The molecule has 4 atom stereocenters. The summed E-state index contributed by atoms with van der Waals surface area (Å²) in [5.74, 6) is -0.905. The summed E-state index contributed by atoms with van der Waals surface area (Å²) in [4.78, 5) is 12.5. The second-order valence-electron chi connectivity index (χ2n) is 7.87. The molecule has 5 heteroatoms. The van der Waals surface area contributed by atoms with Crippen molar-refractivity contribution < 1.29 is 23.7 Å². The monoisotopic (exact) mass is 382 g/mol. The Morgan fingerprint density at radius 3 is 2.36 bits per heavy atom. The molecule has 5 nitrogen and oxygen atoms in total. The molecule has 1 saturated heterocycles. The Morgan fingerprint density at radius 2 is 1.64 bits per heavy atom. The van der Waals surface area contributed by atoms with Crippen molar-refractivity contribution in [3.05, 3.63) is 71.8 Å². The van der Waals surface area contributed by atoms with Gasteiger partial charge in [-0.1, -0.05) is 48.5 Å². The molecule has 0 bridgehead atoms. The number of hydrogen-bond acceptors (Lipinski definition) is 5. The van der Waals surface area contributed by atoms with Gasteiger partial charge >= 0.3 is 5.97 Å². The fraction of sp³-hybridized carbons (Fsp3) is 0.435. The second kappa shape index (κ2) is 8.03. The number of ether oxygens (including phenoxy) is 4. The summed E-state index contributed by atoms with van der Waals surface area (Å²) < 4.78 is 23.9. The third kappa shape index (κ3) is 4.27. The van der Waals surface area contributed by atoms with Crippen LogP contribution in [0.2, 0.25) is 0 Å². The van der Waals surface area contributed by atoms with Crippen LogP contribution in [-0.4, -0.2) is 36.7 Å². The van der Waals surface area contributed by atoms with Gasteiger partial charge in [0.1, 0.15) is 12.2 Å². The van der Waals surface area contributed by atoms with Gasteiger partial charge in [-0.15, -0.1) is 0 Å². The van der Waals surface area contributed by atoms with Gasteiger partial charge in [0, 0.05) is 5.92 Å². The predicted molar refractivity (Wildman–Crippen MR) is 104 cm³/mol. The first-order valence-corrected chi connectivity index (χ1v) is 9.75. The lowest BCUT2D eigenvalue weighted by Gasteiger charge is -2.23. The summed E-state index contributed by atoms with van der Waals surface area (Å²) in [5.41, 5.74) is 1.68. The van der Waals surface area contributed by atoms with Crippen LogP contribution >= 0.6 is 0 Å². The Hall–Kier alpha value is -2.21. The zero-order valence-electron chi connectivity index (χ0n) is 16.2. The first-order valence-electron chi connectivity index (χ1n) is 9.75. The van der Waals surface area contributed by atoms with E-state index in [0.717, 1.165) is 5.56 Å². The van der Waals surface area contributed by atoms with Crippen LogP contribution in [0.1, 0.15) is 36.2 Å². The van der Waals surface area contributed by atoms with Crippen molar-refractivity contribution in [3.8, 4) is 0 Å². The minimum atomic E-state index is -0.690. The van der Waals surface area contributed by atoms with E-state index in [1.165, 1.54) is 0 Å². The normalized spacial score (nSPS) is 28.1. The van der Waals surface area contributed by atoms with Crippen LogP contribution in [0.5, 0.6) is 0 Å². The van der Waals surface area contributed by atoms with E-state index in [2.05, 4.69) is 0 Å². The van der Waals surface area contributed by atoms with Crippen molar-refractivity contribution in [1.29, 1.82) is 0 Å². The lowest BCUT2D eigenvalue weighted by Crippen LogP contribution is -2.32. The lowest BCUT2D eigenvalue weighted by molar-refractivity contribution is -0.169. The Morgan fingerprint density at radius 1 is 1.00 bits per heavy atom. The molecule has 4 rings (SSSR count). The third-order valence-electron chi connectivity index (χ3n) is 5.24. The number of benzene rings is 2. The van der Waals surface area contributed by atoms with Gasteiger partial charge in [-0.25, -0.2) is 4.79 Å². The van der Waals surface area contributed by atoms with E-state index in [1.54, 1.807) is 12.1 Å². The van der Waals surface area contributed by atoms with Crippen LogP contribution < -0.4 is 0 Å². The van der Waals surface area contributed by atoms with Crippen LogP contribution in [0.3, 0.4) is 0 Å². The largest absolute Gasteiger partial charge is 0.456 e. The molecule has 2 aromatic rings. The standard InChI is InChI=1S/C23H26O5/c1-23(2)27-20-18(15-25-14-16-9-5-3-6-10-16)13-19(21(20)28-23)26-22(24)17-11-7-4-8-12-17/h3-12,18-21H,13-15H2,1-2H3/t18-,19+,20-,21+/m0/s1. The molecule has 1 aliphatic heterocycles. The van der Waals surface area contributed by atoms with E-state index in [-0.39, 0.29) is 30.2 Å². The Bertz CT molecular complexity index is 789. The SMILES string of the molecule is CC1(C)O[C@H]2[C@H](COCc3ccccc3)C[C@@H](OC(=O)c3ccccc3)[C@H]2O1. The van der Waals surface area contributed by atoms with Crippen LogP contribution in [0.25, 0.3) is 0 Å². The van der Waals surface area contributed by atoms with Gasteiger partial charge in [-0.3, -0.25) is 0 Å². The molecule has 1 saturated carbocycles. The summed E-state index contributed by atoms with van der Waals surface area (Å²) in [7, 11) is 0. The molecule has 2 aliphatic rings. The van der Waals surface area contributed by atoms with Crippen LogP contribution in [0, 0.1) is 5.92 Å². The molecular formula is C23H26O5. The maximum atomic E-state index is 12.5. The average Bonchev–Trinajstić information content (AvgIpc) is 3.17. The van der Waals surface area contributed by atoms with Crippen LogP contribution in [-0.2, 0) is 25.6 Å². The van der Waals surface area contributed by atoms with Gasteiger partial charge in [-0.2, -0.15) is 0 Å². The van der Waals surface area contributed by atoms with Gasteiger partial charge in [0.15, 0.2) is 5.79 Å². The van der Waals surface area contributed by atoms with Crippen LogP contribution in [0.15, 0.2) is 60.7 Å². The minimum absolute atomic E-state index is 0.115. The van der Waals surface area contributed by atoms with Crippen molar-refractivity contribution in [3.63, 3.8) is 0 Å². The smallest absolute Gasteiger partial charge is 0.338 e. The fourth-order valence-corrected chi connectivity index (χ4v) is 4.00. The fourth-order valence-electron chi connectivity index (χ4n) is 4.00. The van der Waals surface area contributed by atoms with E-state index < -0.39 is 5.79 Å². The molecule has 1 aliphatic carbocycles. The number of carbonyl (C=O) groups is 1. The maximum Gasteiger partial charge on any atom is 0.338 e. The lowest BCUT2D eigenvalue weighted by atomic mass is 10.1. The van der Waals surface area contributed by atoms with Gasteiger partial charge in [0.25, 0.3) is 0 Å². The number of esters is 1. The van der Waals surface area contributed by atoms with E-state index in [9.17, 15) is 4.79 Å². The quantitative estimate of drug-likeness (QED) is 0.708. The van der Waals surface area contributed by atoms with E-state index >= 15 is 0 Å². The summed E-state index contributed by atoms with van der Waals surface area (Å²) in [6.07, 6.45) is -0.0872. The molecule has 0 unspecified atom stereocenters. The summed E-state index contributed by atoms with van der Waals surface area (Å²) >= 11 is 0. The van der Waals surface area contributed by atoms with Gasteiger partial charge < -0.3 is 18.9 Å². The molecule has 0 aromatic heterocycles. The first kappa shape index (κ1) is 19.1. The zero-order valence-corrected chi connectivity index (χ0v) is 16.2. The molecule has 0 spiro atoms. The molecule has 0 N–H and O–H groups in total. The van der Waals surface area contributed by atoms with Gasteiger partial charge in [-0.05, 0) is 38.0 Å². The molecule has 148 valence electrons. The molecule has 28 heavy (non-hydrogen) atoms. The Balaban J connectivity index is 1.40. The maximum absolute atomic E-state index is 12.5. The highest BCUT2D eigenvalue weighted by molar-refractivity contribution is 5.89. The summed E-state index contributed by atoms with van der Waals surface area (Å²) in [5, 5.41) is 0. The molecule has 2 fully saturated rings. The van der Waals surface area contributed by atoms with E-state index in [4.69, 9.17) is 18.9 Å².